The molecule has 6 heteroatoms. The van der Waals surface area contributed by atoms with E-state index in [1.165, 1.54) is 38.5 Å². The summed E-state index contributed by atoms with van der Waals surface area (Å²) in [5.74, 6) is 3.14. The Labute approximate surface area is 144 Å². The molecule has 24 heavy (non-hydrogen) atoms. The fraction of sp³-hybridized carbons (Fsp3) is 0.833. The van der Waals surface area contributed by atoms with Crippen LogP contribution in [0.25, 0.3) is 0 Å². The quantitative estimate of drug-likeness (QED) is 0.850. The Morgan fingerprint density at radius 1 is 1.04 bits per heavy atom. The van der Waals surface area contributed by atoms with Crippen LogP contribution < -0.4 is 0 Å². The van der Waals surface area contributed by atoms with Crippen LogP contribution in [0.15, 0.2) is 0 Å². The number of carbonyl (C=O) groups excluding carboxylic acids is 1. The van der Waals surface area contributed by atoms with Crippen LogP contribution >= 0.6 is 0 Å². The first-order valence-electron chi connectivity index (χ1n) is 9.62. The Balaban J connectivity index is 1.42. The van der Waals surface area contributed by atoms with Gasteiger partial charge in [-0.05, 0) is 45.2 Å². The Morgan fingerprint density at radius 3 is 2.62 bits per heavy atom. The van der Waals surface area contributed by atoms with Crippen LogP contribution in [0.4, 0.5) is 0 Å². The second-order valence-corrected chi connectivity index (χ2v) is 7.75. The molecule has 0 bridgehead atoms. The van der Waals surface area contributed by atoms with Gasteiger partial charge in [-0.3, -0.25) is 9.69 Å². The van der Waals surface area contributed by atoms with Gasteiger partial charge in [0.05, 0.1) is 6.04 Å². The first-order valence-corrected chi connectivity index (χ1v) is 9.62. The minimum Gasteiger partial charge on any atom is -0.340 e. The van der Waals surface area contributed by atoms with Gasteiger partial charge in [0.2, 0.25) is 5.91 Å². The molecule has 0 spiro atoms. The van der Waals surface area contributed by atoms with Crippen LogP contribution in [-0.4, -0.2) is 57.2 Å². The number of likely N-dealkylation sites (tertiary alicyclic amines) is 1. The summed E-state index contributed by atoms with van der Waals surface area (Å²) in [6, 6.07) is 0.395. The zero-order chi connectivity index (χ0) is 16.5. The minimum absolute atomic E-state index is 0.347. The summed E-state index contributed by atoms with van der Waals surface area (Å²) in [5, 5.41) is 8.93. The highest BCUT2D eigenvalue weighted by atomic mass is 16.2. The van der Waals surface area contributed by atoms with Crippen molar-refractivity contribution >= 4 is 5.91 Å². The monoisotopic (exact) mass is 331 g/mol. The van der Waals surface area contributed by atoms with E-state index in [2.05, 4.69) is 31.6 Å². The van der Waals surface area contributed by atoms with Crippen molar-refractivity contribution in [2.45, 2.75) is 64.0 Å². The number of hydrogen-bond acceptors (Lipinski definition) is 4. The first kappa shape index (κ1) is 16.1. The summed E-state index contributed by atoms with van der Waals surface area (Å²) >= 11 is 0. The highest BCUT2D eigenvalue weighted by molar-refractivity contribution is 5.76. The standard InChI is InChI=1S/C18H29N5O/c1-21-9-4-7-15(21)18-20-19-16-8-10-22(11-12-23(16)18)17(24)13-14-5-2-3-6-14/h14-15H,2-13H2,1H3. The van der Waals surface area contributed by atoms with E-state index >= 15 is 0 Å². The molecule has 1 amide bonds. The van der Waals surface area contributed by atoms with Gasteiger partial charge in [-0.1, -0.05) is 12.8 Å². The zero-order valence-electron chi connectivity index (χ0n) is 14.8. The van der Waals surface area contributed by atoms with Crippen LogP contribution in [0.5, 0.6) is 0 Å². The van der Waals surface area contributed by atoms with Crippen LogP contribution in [0, 0.1) is 5.92 Å². The van der Waals surface area contributed by atoms with Crippen molar-refractivity contribution in [1.29, 1.82) is 0 Å². The lowest BCUT2D eigenvalue weighted by Crippen LogP contribution is -2.34. The van der Waals surface area contributed by atoms with Crippen molar-refractivity contribution in [3.05, 3.63) is 11.6 Å². The smallest absolute Gasteiger partial charge is 0.222 e. The number of aromatic nitrogens is 3. The topological polar surface area (TPSA) is 54.3 Å². The van der Waals surface area contributed by atoms with E-state index in [9.17, 15) is 4.79 Å². The molecular formula is C18H29N5O. The van der Waals surface area contributed by atoms with Gasteiger partial charge in [0.15, 0.2) is 0 Å². The van der Waals surface area contributed by atoms with E-state index < -0.39 is 0 Å². The summed E-state index contributed by atoms with van der Waals surface area (Å²) < 4.78 is 2.29. The van der Waals surface area contributed by atoms with Gasteiger partial charge >= 0.3 is 0 Å². The normalized spacial score (nSPS) is 25.9. The van der Waals surface area contributed by atoms with Crippen molar-refractivity contribution in [2.75, 3.05) is 26.7 Å². The lowest BCUT2D eigenvalue weighted by atomic mass is 10.0. The Kier molecular flexibility index (Phi) is 4.57. The number of rotatable bonds is 3. The second kappa shape index (κ2) is 6.82. The van der Waals surface area contributed by atoms with Gasteiger partial charge in [0.1, 0.15) is 11.6 Å². The zero-order valence-corrected chi connectivity index (χ0v) is 14.8. The average molecular weight is 331 g/mol. The molecule has 1 unspecified atom stereocenters. The van der Waals surface area contributed by atoms with Gasteiger partial charge in [0.25, 0.3) is 0 Å². The molecule has 2 fully saturated rings. The molecule has 1 aromatic heterocycles. The van der Waals surface area contributed by atoms with Crippen LogP contribution in [0.2, 0.25) is 0 Å². The minimum atomic E-state index is 0.347. The molecule has 3 heterocycles. The van der Waals surface area contributed by atoms with E-state index in [1.807, 2.05) is 0 Å². The number of fused-ring (bicyclic) bond motifs is 1. The maximum Gasteiger partial charge on any atom is 0.222 e. The molecule has 0 aromatic carbocycles. The molecule has 1 saturated carbocycles. The summed E-state index contributed by atoms with van der Waals surface area (Å²) in [6.07, 6.45) is 9.06. The highest BCUT2D eigenvalue weighted by Crippen LogP contribution is 2.31. The third-order valence-electron chi connectivity index (χ3n) is 6.16. The predicted molar refractivity (Wildman–Crippen MR) is 91.5 cm³/mol. The van der Waals surface area contributed by atoms with Crippen molar-refractivity contribution in [1.82, 2.24) is 24.6 Å². The van der Waals surface area contributed by atoms with Gasteiger partial charge in [0, 0.05) is 32.5 Å². The Morgan fingerprint density at radius 2 is 1.88 bits per heavy atom. The van der Waals surface area contributed by atoms with Gasteiger partial charge in [-0.25, -0.2) is 0 Å². The molecule has 3 aliphatic rings. The molecule has 132 valence electrons. The second-order valence-electron chi connectivity index (χ2n) is 7.75. The molecule has 1 aromatic rings. The van der Waals surface area contributed by atoms with Gasteiger partial charge in [-0.2, -0.15) is 0 Å². The van der Waals surface area contributed by atoms with Crippen molar-refractivity contribution in [3.63, 3.8) is 0 Å². The highest BCUT2D eigenvalue weighted by Gasteiger charge is 2.30. The molecule has 1 saturated heterocycles. The van der Waals surface area contributed by atoms with Crippen molar-refractivity contribution in [2.24, 2.45) is 5.92 Å². The summed E-state index contributed by atoms with van der Waals surface area (Å²) in [5.41, 5.74) is 0. The molecular weight excluding hydrogens is 302 g/mol. The molecule has 6 nitrogen and oxygen atoms in total. The number of nitrogens with zero attached hydrogens (tertiary/aromatic N) is 5. The summed E-state index contributed by atoms with van der Waals surface area (Å²) in [4.78, 5) is 17.1. The van der Waals surface area contributed by atoms with Gasteiger partial charge < -0.3 is 9.47 Å². The molecule has 2 aliphatic heterocycles. The van der Waals surface area contributed by atoms with Gasteiger partial charge in [-0.15, -0.1) is 10.2 Å². The molecule has 1 aliphatic carbocycles. The van der Waals surface area contributed by atoms with E-state index in [4.69, 9.17) is 0 Å². The fourth-order valence-electron chi connectivity index (χ4n) is 4.67. The summed E-state index contributed by atoms with van der Waals surface area (Å²) in [6.45, 7) is 3.58. The van der Waals surface area contributed by atoms with E-state index in [0.717, 1.165) is 50.7 Å². The number of carbonyl (C=O) groups is 1. The third-order valence-corrected chi connectivity index (χ3v) is 6.16. The molecule has 0 N–H and O–H groups in total. The van der Waals surface area contributed by atoms with E-state index in [-0.39, 0.29) is 0 Å². The Hall–Kier alpha value is -1.43. The lowest BCUT2D eigenvalue weighted by Gasteiger charge is -2.23. The van der Waals surface area contributed by atoms with E-state index in [1.54, 1.807) is 0 Å². The van der Waals surface area contributed by atoms with Crippen molar-refractivity contribution < 1.29 is 4.79 Å². The first-order chi connectivity index (χ1) is 11.7. The van der Waals surface area contributed by atoms with Crippen LogP contribution in [0.1, 0.15) is 62.6 Å². The van der Waals surface area contributed by atoms with Crippen LogP contribution in [0.3, 0.4) is 0 Å². The summed E-state index contributed by atoms with van der Waals surface area (Å²) in [7, 11) is 2.17. The Bertz CT molecular complexity index is 592. The van der Waals surface area contributed by atoms with Crippen molar-refractivity contribution in [3.8, 4) is 0 Å². The fourth-order valence-corrected chi connectivity index (χ4v) is 4.67. The largest absolute Gasteiger partial charge is 0.340 e. The van der Waals surface area contributed by atoms with Crippen LogP contribution in [-0.2, 0) is 17.8 Å². The van der Waals surface area contributed by atoms with E-state index in [0.29, 0.717) is 17.9 Å². The maximum atomic E-state index is 12.6. The molecule has 0 radical (unpaired) electrons. The SMILES string of the molecule is CN1CCCC1c1nnc2n1CCN(C(=O)CC1CCCC1)CC2. The number of amides is 1. The average Bonchev–Trinajstić information content (AvgIpc) is 3.27. The maximum absolute atomic E-state index is 12.6. The molecule has 1 atom stereocenters. The molecule has 4 rings (SSSR count). The lowest BCUT2D eigenvalue weighted by molar-refractivity contribution is -0.132. The number of hydrogen-bond donors (Lipinski definition) is 0. The third kappa shape index (κ3) is 3.08. The predicted octanol–water partition coefficient (Wildman–Crippen LogP) is 2.01.